The number of rotatable bonds is 8. The second-order valence-electron chi connectivity index (χ2n) is 7.25. The number of carbonyl (C=O) groups is 3. The zero-order valence-electron chi connectivity index (χ0n) is 17.3. The molecule has 1 atom stereocenters. The second-order valence-corrected chi connectivity index (χ2v) is 7.25. The molecule has 3 rings (SSSR count). The first-order chi connectivity index (χ1) is 14.5. The number of amides is 3. The molecule has 7 heteroatoms. The SMILES string of the molecule is CCCCNC(=O)c1ccccc1NC(=O)C1CC(=O)N(c2ccc(OC)cc2)C1. The number of carbonyl (C=O) groups excluding carboxylic acids is 3. The molecule has 30 heavy (non-hydrogen) atoms. The van der Waals surface area contributed by atoms with Gasteiger partial charge in [0, 0.05) is 25.2 Å². The van der Waals surface area contributed by atoms with E-state index in [-0.39, 0.29) is 24.1 Å². The number of para-hydroxylation sites is 1. The summed E-state index contributed by atoms with van der Waals surface area (Å²) in [6.07, 6.45) is 2.01. The molecule has 7 nitrogen and oxygen atoms in total. The fourth-order valence-corrected chi connectivity index (χ4v) is 3.39. The second kappa shape index (κ2) is 9.91. The number of benzene rings is 2. The Bertz CT molecular complexity index is 911. The van der Waals surface area contributed by atoms with Crippen LogP contribution in [0.4, 0.5) is 11.4 Å². The summed E-state index contributed by atoms with van der Waals surface area (Å²) in [6, 6.07) is 14.1. The first-order valence-electron chi connectivity index (χ1n) is 10.2. The monoisotopic (exact) mass is 409 g/mol. The van der Waals surface area contributed by atoms with Crippen molar-refractivity contribution in [1.82, 2.24) is 5.32 Å². The summed E-state index contributed by atoms with van der Waals surface area (Å²) >= 11 is 0. The van der Waals surface area contributed by atoms with Crippen molar-refractivity contribution in [2.24, 2.45) is 5.92 Å². The van der Waals surface area contributed by atoms with Crippen molar-refractivity contribution in [1.29, 1.82) is 0 Å². The van der Waals surface area contributed by atoms with E-state index in [1.165, 1.54) is 0 Å². The molecule has 1 fully saturated rings. The van der Waals surface area contributed by atoms with Gasteiger partial charge in [0.2, 0.25) is 11.8 Å². The fourth-order valence-electron chi connectivity index (χ4n) is 3.39. The van der Waals surface area contributed by atoms with E-state index in [1.54, 1.807) is 60.5 Å². The molecule has 2 aromatic rings. The lowest BCUT2D eigenvalue weighted by Gasteiger charge is -2.17. The van der Waals surface area contributed by atoms with Crippen molar-refractivity contribution in [2.75, 3.05) is 30.4 Å². The highest BCUT2D eigenvalue weighted by molar-refractivity contribution is 6.07. The Morgan fingerprint density at radius 2 is 1.87 bits per heavy atom. The molecule has 0 saturated carbocycles. The van der Waals surface area contributed by atoms with E-state index in [2.05, 4.69) is 17.6 Å². The predicted octanol–water partition coefficient (Wildman–Crippen LogP) is 3.22. The van der Waals surface area contributed by atoms with Crippen LogP contribution >= 0.6 is 0 Å². The molecule has 0 bridgehead atoms. The van der Waals surface area contributed by atoms with Gasteiger partial charge in [-0.05, 0) is 42.8 Å². The lowest BCUT2D eigenvalue weighted by Crippen LogP contribution is -2.29. The quantitative estimate of drug-likeness (QED) is 0.656. The molecular weight excluding hydrogens is 382 g/mol. The van der Waals surface area contributed by atoms with E-state index in [9.17, 15) is 14.4 Å². The Morgan fingerprint density at radius 1 is 1.13 bits per heavy atom. The summed E-state index contributed by atoms with van der Waals surface area (Å²) in [5.74, 6) is -0.384. The minimum atomic E-state index is -0.490. The molecule has 2 N–H and O–H groups in total. The van der Waals surface area contributed by atoms with E-state index in [0.717, 1.165) is 18.5 Å². The maximum absolute atomic E-state index is 12.8. The van der Waals surface area contributed by atoms with Crippen molar-refractivity contribution in [3.8, 4) is 5.75 Å². The number of anilines is 2. The third-order valence-corrected chi connectivity index (χ3v) is 5.13. The van der Waals surface area contributed by atoms with E-state index < -0.39 is 5.92 Å². The zero-order chi connectivity index (χ0) is 21.5. The molecule has 0 aliphatic carbocycles. The van der Waals surface area contributed by atoms with Crippen LogP contribution < -0.4 is 20.3 Å². The molecule has 0 spiro atoms. The number of nitrogens with zero attached hydrogens (tertiary/aromatic N) is 1. The minimum absolute atomic E-state index is 0.106. The highest BCUT2D eigenvalue weighted by Crippen LogP contribution is 2.28. The van der Waals surface area contributed by atoms with Crippen molar-refractivity contribution >= 4 is 29.1 Å². The average Bonchev–Trinajstić information content (AvgIpc) is 3.16. The third kappa shape index (κ3) is 4.97. The number of hydrogen-bond donors (Lipinski definition) is 2. The predicted molar refractivity (Wildman–Crippen MR) is 116 cm³/mol. The molecular formula is C23H27N3O4. The van der Waals surface area contributed by atoms with E-state index >= 15 is 0 Å². The zero-order valence-corrected chi connectivity index (χ0v) is 17.3. The van der Waals surface area contributed by atoms with Crippen LogP contribution in [-0.2, 0) is 9.59 Å². The summed E-state index contributed by atoms with van der Waals surface area (Å²) in [5, 5.41) is 5.70. The van der Waals surface area contributed by atoms with Gasteiger partial charge in [0.05, 0.1) is 24.3 Å². The highest BCUT2D eigenvalue weighted by atomic mass is 16.5. The van der Waals surface area contributed by atoms with Crippen LogP contribution in [0, 0.1) is 5.92 Å². The maximum atomic E-state index is 12.8. The molecule has 1 aliphatic heterocycles. The standard InChI is InChI=1S/C23H27N3O4/c1-3-4-13-24-23(29)19-7-5-6-8-20(19)25-22(28)16-14-21(27)26(15-16)17-9-11-18(30-2)12-10-17/h5-12,16H,3-4,13-15H2,1-2H3,(H,24,29)(H,25,28). The van der Waals surface area contributed by atoms with Crippen molar-refractivity contribution in [3.05, 3.63) is 54.1 Å². The van der Waals surface area contributed by atoms with Crippen LogP contribution in [0.2, 0.25) is 0 Å². The molecule has 1 aliphatic rings. The summed E-state index contributed by atoms with van der Waals surface area (Å²) in [7, 11) is 1.58. The van der Waals surface area contributed by atoms with Gasteiger partial charge in [-0.2, -0.15) is 0 Å². The van der Waals surface area contributed by atoms with Gasteiger partial charge in [-0.25, -0.2) is 0 Å². The third-order valence-electron chi connectivity index (χ3n) is 5.13. The molecule has 0 aromatic heterocycles. The van der Waals surface area contributed by atoms with Gasteiger partial charge in [0.15, 0.2) is 0 Å². The number of nitrogens with one attached hydrogen (secondary N) is 2. The Hall–Kier alpha value is -3.35. The lowest BCUT2D eigenvalue weighted by molar-refractivity contribution is -0.122. The first-order valence-corrected chi connectivity index (χ1v) is 10.2. The number of unbranched alkanes of at least 4 members (excludes halogenated alkanes) is 1. The van der Waals surface area contributed by atoms with Gasteiger partial charge in [-0.1, -0.05) is 25.5 Å². The van der Waals surface area contributed by atoms with Crippen molar-refractivity contribution < 1.29 is 19.1 Å². The largest absolute Gasteiger partial charge is 0.497 e. The summed E-state index contributed by atoms with van der Waals surface area (Å²) < 4.78 is 5.15. The number of methoxy groups -OCH3 is 1. The fraction of sp³-hybridized carbons (Fsp3) is 0.348. The van der Waals surface area contributed by atoms with Crippen molar-refractivity contribution in [3.63, 3.8) is 0 Å². The topological polar surface area (TPSA) is 87.7 Å². The van der Waals surface area contributed by atoms with Crippen LogP contribution in [0.1, 0.15) is 36.5 Å². The van der Waals surface area contributed by atoms with Gasteiger partial charge >= 0.3 is 0 Å². The van der Waals surface area contributed by atoms with Gasteiger partial charge in [-0.3, -0.25) is 14.4 Å². The van der Waals surface area contributed by atoms with Crippen molar-refractivity contribution in [2.45, 2.75) is 26.2 Å². The summed E-state index contributed by atoms with van der Waals surface area (Å²) in [5.41, 5.74) is 1.59. The van der Waals surface area contributed by atoms with E-state index in [1.807, 2.05) is 0 Å². The summed E-state index contributed by atoms with van der Waals surface area (Å²) in [6.45, 7) is 2.94. The van der Waals surface area contributed by atoms with Gasteiger partial charge < -0.3 is 20.3 Å². The Balaban J connectivity index is 1.66. The first kappa shape index (κ1) is 21.4. The Labute approximate surface area is 176 Å². The van der Waals surface area contributed by atoms with Crippen LogP contribution in [0.15, 0.2) is 48.5 Å². The smallest absolute Gasteiger partial charge is 0.253 e. The highest BCUT2D eigenvalue weighted by Gasteiger charge is 2.35. The van der Waals surface area contributed by atoms with Crippen LogP contribution in [0.25, 0.3) is 0 Å². The van der Waals surface area contributed by atoms with Crippen LogP contribution in [0.3, 0.4) is 0 Å². The minimum Gasteiger partial charge on any atom is -0.497 e. The molecule has 1 unspecified atom stereocenters. The van der Waals surface area contributed by atoms with Gasteiger partial charge in [-0.15, -0.1) is 0 Å². The molecule has 1 saturated heterocycles. The molecule has 2 aromatic carbocycles. The van der Waals surface area contributed by atoms with Crippen LogP contribution in [-0.4, -0.2) is 37.9 Å². The normalized spacial score (nSPS) is 15.7. The lowest BCUT2D eigenvalue weighted by atomic mass is 10.1. The molecule has 0 radical (unpaired) electrons. The Morgan fingerprint density at radius 3 is 2.57 bits per heavy atom. The van der Waals surface area contributed by atoms with E-state index in [4.69, 9.17) is 4.74 Å². The van der Waals surface area contributed by atoms with E-state index in [0.29, 0.717) is 30.1 Å². The molecule has 3 amide bonds. The Kier molecular flexibility index (Phi) is 7.06. The molecule has 158 valence electrons. The number of hydrogen-bond acceptors (Lipinski definition) is 4. The van der Waals surface area contributed by atoms with Gasteiger partial charge in [0.25, 0.3) is 5.91 Å². The maximum Gasteiger partial charge on any atom is 0.253 e. The van der Waals surface area contributed by atoms with Crippen LogP contribution in [0.5, 0.6) is 5.75 Å². The van der Waals surface area contributed by atoms with Gasteiger partial charge in [0.1, 0.15) is 5.75 Å². The average molecular weight is 409 g/mol. The number of ether oxygens (including phenoxy) is 1. The molecule has 1 heterocycles. The summed E-state index contributed by atoms with van der Waals surface area (Å²) in [4.78, 5) is 39.4.